The Hall–Kier alpha value is -5.18. The van der Waals surface area contributed by atoms with Crippen LogP contribution in [0.2, 0.25) is 0 Å². The number of hydrogen-bond acceptors (Lipinski definition) is 15. The Balaban J connectivity index is 3.74. The number of rotatable bonds is 14. The van der Waals surface area contributed by atoms with Gasteiger partial charge in [0, 0.05) is 6.54 Å². The molecule has 1 aromatic carbocycles. The number of nitrogens with zero attached hydrogens (tertiary/aromatic N) is 7. The molecule has 22 nitrogen and oxygen atoms in total. The van der Waals surface area contributed by atoms with Crippen molar-refractivity contribution in [3.05, 3.63) is 66.8 Å². The van der Waals surface area contributed by atoms with E-state index < -0.39 is 84.7 Å². The summed E-state index contributed by atoms with van der Waals surface area (Å²) in [6, 6.07) is 0.184. The third-order valence-corrected chi connectivity index (χ3v) is 3.36. The summed E-state index contributed by atoms with van der Waals surface area (Å²) in [5, 5.41) is 64.0. The minimum atomic E-state index is -1.51. The van der Waals surface area contributed by atoms with Gasteiger partial charge in [-0.15, -0.1) is 20.2 Å². The first kappa shape index (κ1) is 24.9. The lowest BCUT2D eigenvalue weighted by molar-refractivity contribution is -0.757. The van der Waals surface area contributed by atoms with Crippen LogP contribution in [0.25, 0.3) is 0 Å². The molecular formula is C10H10N8O14. The number of nitro benzene ring substituents is 3. The monoisotopic (exact) mass is 466 g/mol. The van der Waals surface area contributed by atoms with Gasteiger partial charge in [0.1, 0.15) is 19.8 Å². The number of hydrogen-bond donors (Lipinski definition) is 1. The number of nitro groups is 4. The van der Waals surface area contributed by atoms with Crippen LogP contribution in [-0.4, -0.2) is 56.3 Å². The van der Waals surface area contributed by atoms with E-state index in [0.717, 1.165) is 0 Å². The Labute approximate surface area is 172 Å². The van der Waals surface area contributed by atoms with E-state index in [4.69, 9.17) is 0 Å². The summed E-state index contributed by atoms with van der Waals surface area (Å²) < 4.78 is 0. The minimum absolute atomic E-state index is 0.184. The summed E-state index contributed by atoms with van der Waals surface area (Å²) in [4.78, 5) is 69.9. The average Bonchev–Trinajstić information content (AvgIpc) is 2.66. The highest BCUT2D eigenvalue weighted by atomic mass is 17.0. The van der Waals surface area contributed by atoms with Crippen LogP contribution in [-0.2, 0) is 9.68 Å². The van der Waals surface area contributed by atoms with Gasteiger partial charge in [-0.1, -0.05) is 5.01 Å². The molecule has 0 radical (unpaired) electrons. The average molecular weight is 466 g/mol. The molecule has 0 aliphatic carbocycles. The van der Waals surface area contributed by atoms with Gasteiger partial charge in [0.05, 0.1) is 20.8 Å². The van der Waals surface area contributed by atoms with Crippen molar-refractivity contribution in [3.63, 3.8) is 0 Å². The van der Waals surface area contributed by atoms with E-state index in [-0.39, 0.29) is 11.1 Å². The first-order valence-electron chi connectivity index (χ1n) is 7.72. The Morgan fingerprint density at radius 2 is 1.31 bits per heavy atom. The third-order valence-electron chi connectivity index (χ3n) is 3.36. The molecule has 0 amide bonds. The predicted molar refractivity (Wildman–Crippen MR) is 95.1 cm³/mol. The highest BCUT2D eigenvalue weighted by molar-refractivity contribution is 5.90. The molecule has 0 saturated heterocycles. The lowest BCUT2D eigenvalue weighted by atomic mass is 10.1. The molecule has 22 heteroatoms. The van der Waals surface area contributed by atoms with Crippen LogP contribution in [0.5, 0.6) is 0 Å². The zero-order valence-electron chi connectivity index (χ0n) is 15.3. The van der Waals surface area contributed by atoms with Gasteiger partial charge < -0.3 is 15.0 Å². The standard InChI is InChI=1S/C10H10N8O14/c19-13(20)6-5-7(14(21)22)9(12(16(25)26)2-4-32-18(29)30)10(15(23)24)8(6)11-1-3-31-17(27)28/h5,11H,1-4H2. The second kappa shape index (κ2) is 10.6. The fourth-order valence-corrected chi connectivity index (χ4v) is 2.29. The van der Waals surface area contributed by atoms with Gasteiger partial charge in [0.15, 0.2) is 10.7 Å². The zero-order chi connectivity index (χ0) is 24.6. The molecule has 0 heterocycles. The lowest BCUT2D eigenvalue weighted by Crippen LogP contribution is -2.35. The molecule has 32 heavy (non-hydrogen) atoms. The van der Waals surface area contributed by atoms with Crippen molar-refractivity contribution in [2.24, 2.45) is 0 Å². The van der Waals surface area contributed by atoms with E-state index in [1.165, 1.54) is 0 Å². The van der Waals surface area contributed by atoms with E-state index in [0.29, 0.717) is 0 Å². The maximum absolute atomic E-state index is 11.6. The summed E-state index contributed by atoms with van der Waals surface area (Å²) in [5.41, 5.74) is -6.62. The fourth-order valence-electron chi connectivity index (χ4n) is 2.29. The number of nitrogens with one attached hydrogen (secondary N) is 1. The largest absolute Gasteiger partial charge is 0.372 e. The first-order chi connectivity index (χ1) is 14.9. The quantitative estimate of drug-likeness (QED) is 0.218. The van der Waals surface area contributed by atoms with Gasteiger partial charge in [-0.3, -0.25) is 30.3 Å². The minimum Gasteiger partial charge on any atom is -0.372 e. The SMILES string of the molecule is O=[N+]([O-])OCCNc1c([N+](=O)[O-])cc([N+](=O)[O-])c(N(CCO[N+](=O)[O-])[N+](=O)[O-])c1[N+](=O)[O-]. The van der Waals surface area contributed by atoms with Crippen LogP contribution < -0.4 is 10.3 Å². The Kier molecular flexibility index (Phi) is 8.20. The van der Waals surface area contributed by atoms with Crippen LogP contribution in [0, 0.1) is 60.7 Å². The van der Waals surface area contributed by atoms with Gasteiger partial charge in [-0.2, -0.15) is 0 Å². The summed E-state index contributed by atoms with van der Waals surface area (Å²) in [7, 11) is 0. The van der Waals surface area contributed by atoms with Crippen LogP contribution in [0.4, 0.5) is 28.4 Å². The highest BCUT2D eigenvalue weighted by Gasteiger charge is 2.43. The van der Waals surface area contributed by atoms with E-state index in [1.807, 2.05) is 0 Å². The van der Waals surface area contributed by atoms with E-state index in [9.17, 15) is 60.7 Å². The molecule has 0 atom stereocenters. The molecule has 0 saturated carbocycles. The molecule has 0 aliphatic rings. The van der Waals surface area contributed by atoms with E-state index in [1.54, 1.807) is 0 Å². The molecular weight excluding hydrogens is 456 g/mol. The highest BCUT2D eigenvalue weighted by Crippen LogP contribution is 2.48. The van der Waals surface area contributed by atoms with Crippen molar-refractivity contribution >= 4 is 28.4 Å². The van der Waals surface area contributed by atoms with Crippen molar-refractivity contribution in [2.45, 2.75) is 0 Å². The Bertz CT molecular complexity index is 965. The molecule has 0 aromatic heterocycles. The molecule has 174 valence electrons. The molecule has 1 aromatic rings. The van der Waals surface area contributed by atoms with Crippen molar-refractivity contribution < 1.29 is 39.7 Å². The second-order valence-corrected chi connectivity index (χ2v) is 5.16. The Morgan fingerprint density at radius 3 is 1.75 bits per heavy atom. The summed E-state index contributed by atoms with van der Waals surface area (Å²) in [6.07, 6.45) is 0. The number of anilines is 2. The van der Waals surface area contributed by atoms with Gasteiger partial charge in [0.2, 0.25) is 0 Å². The topological polar surface area (TPSA) is 293 Å². The Morgan fingerprint density at radius 1 is 0.781 bits per heavy atom. The van der Waals surface area contributed by atoms with Gasteiger partial charge in [-0.05, 0) is 0 Å². The van der Waals surface area contributed by atoms with Gasteiger partial charge in [0.25, 0.3) is 15.9 Å². The molecule has 1 N–H and O–H groups in total. The van der Waals surface area contributed by atoms with Crippen LogP contribution in [0.1, 0.15) is 0 Å². The molecule has 1 rings (SSSR count). The van der Waals surface area contributed by atoms with Gasteiger partial charge >= 0.3 is 17.1 Å². The van der Waals surface area contributed by atoms with E-state index >= 15 is 0 Å². The van der Waals surface area contributed by atoms with Crippen LogP contribution in [0.15, 0.2) is 6.07 Å². The van der Waals surface area contributed by atoms with Crippen molar-refractivity contribution in [3.8, 4) is 0 Å². The van der Waals surface area contributed by atoms with E-state index in [2.05, 4.69) is 15.0 Å². The van der Waals surface area contributed by atoms with Crippen molar-refractivity contribution in [1.29, 1.82) is 0 Å². The van der Waals surface area contributed by atoms with Gasteiger partial charge in [-0.25, -0.2) is 10.1 Å². The van der Waals surface area contributed by atoms with Crippen molar-refractivity contribution in [2.75, 3.05) is 36.6 Å². The maximum atomic E-state index is 11.6. The molecule has 0 aliphatic heterocycles. The molecule has 0 spiro atoms. The fraction of sp³-hybridized carbons (Fsp3) is 0.400. The summed E-state index contributed by atoms with van der Waals surface area (Å²) >= 11 is 0. The first-order valence-corrected chi connectivity index (χ1v) is 7.72. The lowest BCUT2D eigenvalue weighted by Gasteiger charge is -2.16. The second-order valence-electron chi connectivity index (χ2n) is 5.16. The summed E-state index contributed by atoms with van der Waals surface area (Å²) in [5.74, 6) is 0. The summed E-state index contributed by atoms with van der Waals surface area (Å²) in [6.45, 7) is -3.61. The zero-order valence-corrected chi connectivity index (χ0v) is 15.3. The molecule has 0 unspecified atom stereocenters. The predicted octanol–water partition coefficient (Wildman–Crippen LogP) is 0.238. The smallest absolute Gasteiger partial charge is 0.335 e. The maximum Gasteiger partial charge on any atom is 0.335 e. The van der Waals surface area contributed by atoms with Crippen LogP contribution >= 0.6 is 0 Å². The van der Waals surface area contributed by atoms with Crippen molar-refractivity contribution in [1.82, 2.24) is 0 Å². The molecule has 0 bridgehead atoms. The number of hydrazine groups is 1. The van der Waals surface area contributed by atoms with Crippen LogP contribution in [0.3, 0.4) is 0 Å². The third kappa shape index (κ3) is 6.16. The normalized spacial score (nSPS) is 10.0. The number of benzene rings is 1. The molecule has 0 fully saturated rings.